The van der Waals surface area contributed by atoms with Crippen molar-refractivity contribution < 1.29 is 57.1 Å². The normalized spacial score (nSPS) is 15.0. The quantitative estimate of drug-likeness (QED) is 0.281. The molecule has 0 aliphatic carbocycles. The van der Waals surface area contributed by atoms with Gasteiger partial charge in [-0.05, 0) is 11.6 Å². The molecule has 16 heteroatoms. The van der Waals surface area contributed by atoms with Gasteiger partial charge < -0.3 is 0 Å². The lowest BCUT2D eigenvalue weighted by atomic mass is 9.84. The summed E-state index contributed by atoms with van der Waals surface area (Å²) in [7, 11) is 0. The lowest BCUT2D eigenvalue weighted by Crippen LogP contribution is -2.51. The Hall–Kier alpha value is -0.820. The van der Waals surface area contributed by atoms with Gasteiger partial charge in [-0.15, -0.1) is 0 Å². The van der Waals surface area contributed by atoms with Crippen LogP contribution < -0.4 is 0 Å². The zero-order valence-electron chi connectivity index (χ0n) is 12.8. The minimum Gasteiger partial charge on any atom is -0.218 e. The summed E-state index contributed by atoms with van der Waals surface area (Å²) in [6.45, 7) is 0. The van der Waals surface area contributed by atoms with E-state index >= 15 is 0 Å². The molecule has 0 saturated heterocycles. The van der Waals surface area contributed by atoms with Gasteiger partial charge in [0, 0.05) is 18.1 Å². The van der Waals surface area contributed by atoms with Crippen molar-refractivity contribution >= 4 is 34.8 Å². The Bertz CT molecular complexity index is 736. The Morgan fingerprint density at radius 3 is 1.38 bits per heavy atom. The van der Waals surface area contributed by atoms with Gasteiger partial charge in [-0.2, -0.15) is 52.7 Å². The third kappa shape index (κ3) is 5.46. The summed E-state index contributed by atoms with van der Waals surface area (Å²) in [5.74, 6) is 0. The summed E-state index contributed by atoms with van der Waals surface area (Å²) in [6, 6.07) is -0.492. The van der Waals surface area contributed by atoms with Crippen molar-refractivity contribution in [2.75, 3.05) is 0 Å². The van der Waals surface area contributed by atoms with Crippen LogP contribution in [0.2, 0.25) is 0 Å². The van der Waals surface area contributed by atoms with Crippen LogP contribution in [0.4, 0.5) is 57.1 Å². The third-order valence-electron chi connectivity index (χ3n) is 3.29. The Kier molecular flexibility index (Phi) is 6.69. The van der Waals surface area contributed by atoms with Gasteiger partial charge in [-0.25, -0.2) is 4.39 Å². The van der Waals surface area contributed by atoms with Gasteiger partial charge in [0.05, 0.1) is 11.1 Å². The summed E-state index contributed by atoms with van der Waals surface area (Å²) >= 11 is 15.3. The van der Waals surface area contributed by atoms with Gasteiger partial charge in [-0.1, -0.05) is 34.8 Å². The lowest BCUT2D eigenvalue weighted by molar-refractivity contribution is -0.349. The monoisotopic (exact) mass is 511 g/mol. The lowest BCUT2D eigenvalue weighted by Gasteiger charge is -2.34. The highest BCUT2D eigenvalue weighted by Gasteiger charge is 2.74. The predicted molar refractivity (Wildman–Crippen MR) is 74.2 cm³/mol. The minimum atomic E-state index is -7.03. The van der Waals surface area contributed by atoms with Crippen molar-refractivity contribution in [1.82, 2.24) is 0 Å². The van der Waals surface area contributed by atoms with E-state index < -0.39 is 68.9 Å². The maximum Gasteiger partial charge on any atom is 0.435 e. The average Bonchev–Trinajstić information content (AvgIpc) is 2.39. The molecule has 1 aromatic rings. The molecular formula is C13H3Cl3F13. The molecule has 0 nitrogen and oxygen atoms in total. The van der Waals surface area contributed by atoms with E-state index in [2.05, 4.69) is 0 Å². The van der Waals surface area contributed by atoms with Crippen LogP contribution in [0.15, 0.2) is 6.07 Å². The standard InChI is InChI=1S/C13H3Cl3F13/c14-8(15,16)3-5-6(9(17,12(24,25)26)13(27,28)29)1-4(10(18,19)20)2-7(5)11(21,22)23/h1H,3H2. The summed E-state index contributed by atoms with van der Waals surface area (Å²) in [5.41, 5.74) is -17.6. The van der Waals surface area contributed by atoms with E-state index in [1.807, 2.05) is 0 Å². The minimum absolute atomic E-state index is 0.604. The molecule has 29 heavy (non-hydrogen) atoms. The van der Waals surface area contributed by atoms with Gasteiger partial charge in [0.2, 0.25) is 0 Å². The number of benzene rings is 1. The summed E-state index contributed by atoms with van der Waals surface area (Å²) < 4.78 is 167. The second-order valence-electron chi connectivity index (χ2n) is 5.39. The summed E-state index contributed by atoms with van der Waals surface area (Å²) in [6.07, 6.45) is -27.9. The molecule has 1 aromatic carbocycles. The highest BCUT2D eigenvalue weighted by molar-refractivity contribution is 6.67. The van der Waals surface area contributed by atoms with Gasteiger partial charge in [-0.3, -0.25) is 0 Å². The largest absolute Gasteiger partial charge is 0.435 e. The van der Waals surface area contributed by atoms with E-state index in [1.54, 1.807) is 0 Å². The van der Waals surface area contributed by atoms with Crippen molar-refractivity contribution in [2.45, 2.75) is 40.6 Å². The second-order valence-corrected chi connectivity index (χ2v) is 7.91. The van der Waals surface area contributed by atoms with Crippen molar-refractivity contribution in [1.29, 1.82) is 0 Å². The van der Waals surface area contributed by atoms with Crippen molar-refractivity contribution in [3.63, 3.8) is 0 Å². The highest BCUT2D eigenvalue weighted by Crippen LogP contribution is 2.56. The molecule has 1 rings (SSSR count). The fourth-order valence-electron chi connectivity index (χ4n) is 2.16. The van der Waals surface area contributed by atoms with Gasteiger partial charge in [0.25, 0.3) is 0 Å². The Morgan fingerprint density at radius 1 is 0.690 bits per heavy atom. The van der Waals surface area contributed by atoms with Crippen LogP contribution in [-0.4, -0.2) is 16.1 Å². The number of hydrogen-bond acceptors (Lipinski definition) is 0. The molecular weight excluding hydrogens is 509 g/mol. The van der Waals surface area contributed by atoms with Crippen LogP contribution in [0.1, 0.15) is 22.3 Å². The first kappa shape index (κ1) is 26.2. The van der Waals surface area contributed by atoms with Crippen LogP contribution in [0.25, 0.3) is 0 Å². The van der Waals surface area contributed by atoms with Crippen molar-refractivity contribution in [3.05, 3.63) is 34.4 Å². The van der Waals surface area contributed by atoms with E-state index in [9.17, 15) is 57.1 Å². The van der Waals surface area contributed by atoms with Gasteiger partial charge >= 0.3 is 30.4 Å². The summed E-state index contributed by atoms with van der Waals surface area (Å²) in [5, 5.41) is 0. The molecule has 0 fully saturated rings. The van der Waals surface area contributed by atoms with Crippen LogP contribution in [0, 0.1) is 6.07 Å². The maximum atomic E-state index is 14.4. The zero-order valence-corrected chi connectivity index (χ0v) is 15.1. The SMILES string of the molecule is FC(F)(F)c1[c]c(C(F)(F)F)c(CC(Cl)(Cl)Cl)c(C(F)(C(F)(F)F)C(F)(F)F)c1. The van der Waals surface area contributed by atoms with E-state index in [1.165, 1.54) is 0 Å². The summed E-state index contributed by atoms with van der Waals surface area (Å²) in [4.78, 5) is 0. The van der Waals surface area contributed by atoms with E-state index in [0.29, 0.717) is 6.07 Å². The fraction of sp³-hybridized carbons (Fsp3) is 0.538. The molecule has 0 N–H and O–H groups in total. The van der Waals surface area contributed by atoms with E-state index in [4.69, 9.17) is 34.8 Å². The Balaban J connectivity index is 4.25. The number of alkyl halides is 16. The molecule has 0 aliphatic rings. The molecule has 0 aliphatic heterocycles. The fourth-order valence-corrected chi connectivity index (χ4v) is 2.57. The molecule has 0 bridgehead atoms. The van der Waals surface area contributed by atoms with Crippen LogP contribution >= 0.6 is 34.8 Å². The number of rotatable bonds is 2. The van der Waals surface area contributed by atoms with Gasteiger partial charge in [0.1, 0.15) is 0 Å². The average molecular weight is 512 g/mol. The van der Waals surface area contributed by atoms with Crippen LogP contribution in [0.3, 0.4) is 0 Å². The topological polar surface area (TPSA) is 0 Å². The molecule has 167 valence electrons. The molecule has 0 amide bonds. The second kappa shape index (κ2) is 7.40. The Labute approximate surface area is 167 Å². The molecule has 0 unspecified atom stereocenters. The van der Waals surface area contributed by atoms with Crippen LogP contribution in [-0.2, 0) is 24.4 Å². The smallest absolute Gasteiger partial charge is 0.218 e. The molecule has 0 spiro atoms. The number of hydrogen-bond donors (Lipinski definition) is 0. The molecule has 0 aromatic heterocycles. The van der Waals surface area contributed by atoms with E-state index in [0.717, 1.165) is 0 Å². The highest BCUT2D eigenvalue weighted by atomic mass is 35.6. The first-order chi connectivity index (χ1) is 12.4. The Morgan fingerprint density at radius 2 is 1.10 bits per heavy atom. The van der Waals surface area contributed by atoms with Crippen molar-refractivity contribution in [3.8, 4) is 0 Å². The first-order valence-corrected chi connectivity index (χ1v) is 7.69. The third-order valence-corrected chi connectivity index (χ3v) is 3.69. The first-order valence-electron chi connectivity index (χ1n) is 6.56. The molecule has 0 atom stereocenters. The van der Waals surface area contributed by atoms with Crippen LogP contribution in [0.5, 0.6) is 0 Å². The number of halogens is 16. The molecule has 1 radical (unpaired) electrons. The molecule has 0 saturated carbocycles. The van der Waals surface area contributed by atoms with Gasteiger partial charge in [0.15, 0.2) is 3.79 Å². The molecule has 0 heterocycles. The van der Waals surface area contributed by atoms with E-state index in [-0.39, 0.29) is 0 Å². The predicted octanol–water partition coefficient (Wildman–Crippen LogP) is 7.73. The zero-order chi connectivity index (χ0) is 23.4. The maximum absolute atomic E-state index is 14.4. The van der Waals surface area contributed by atoms with Crippen molar-refractivity contribution in [2.24, 2.45) is 0 Å².